The summed E-state index contributed by atoms with van der Waals surface area (Å²) in [5.41, 5.74) is 0.397. The first kappa shape index (κ1) is 14.1. The summed E-state index contributed by atoms with van der Waals surface area (Å²) in [5, 5.41) is 2.64. The number of rotatable bonds is 5. The molecular weight excluding hydrogens is 216 g/mol. The summed E-state index contributed by atoms with van der Waals surface area (Å²) >= 11 is 0. The fourth-order valence-electron chi connectivity index (χ4n) is 0.895. The molecule has 0 aliphatic rings. The first-order chi connectivity index (χ1) is 6.63. The van der Waals surface area contributed by atoms with Crippen molar-refractivity contribution in [3.8, 4) is 0 Å². The lowest BCUT2D eigenvalue weighted by Gasteiger charge is -2.21. The van der Waals surface area contributed by atoms with Crippen LogP contribution in [0.1, 0.15) is 20.8 Å². The number of amides is 1. The molecule has 0 heterocycles. The minimum Gasteiger partial charge on any atom is -0.348 e. The molecule has 0 bridgehead atoms. The molecule has 0 saturated carbocycles. The first-order valence-electron chi connectivity index (χ1n) is 4.57. The van der Waals surface area contributed by atoms with E-state index in [0.29, 0.717) is 5.57 Å². The molecule has 1 amide bonds. The van der Waals surface area contributed by atoms with Gasteiger partial charge in [0, 0.05) is 17.7 Å². The van der Waals surface area contributed by atoms with Gasteiger partial charge in [-0.25, -0.2) is 13.1 Å². The van der Waals surface area contributed by atoms with Gasteiger partial charge in [0.15, 0.2) is 0 Å². The van der Waals surface area contributed by atoms with Crippen molar-refractivity contribution in [2.24, 2.45) is 0 Å². The van der Waals surface area contributed by atoms with Crippen LogP contribution in [0.5, 0.6) is 0 Å². The van der Waals surface area contributed by atoms with Crippen LogP contribution in [0.25, 0.3) is 0 Å². The Morgan fingerprint density at radius 3 is 2.07 bits per heavy atom. The maximum atomic E-state index is 11.2. The van der Waals surface area contributed by atoms with Crippen LogP contribution in [-0.4, -0.2) is 32.7 Å². The molecule has 0 aliphatic heterocycles. The molecule has 88 valence electrons. The Bertz CT molecular complexity index is 348. The summed E-state index contributed by atoms with van der Waals surface area (Å²) in [7, 11) is -3.25. The van der Waals surface area contributed by atoms with E-state index in [-0.39, 0.29) is 18.0 Å². The Morgan fingerprint density at radius 1 is 1.27 bits per heavy atom. The van der Waals surface area contributed by atoms with Crippen LogP contribution in [0.2, 0.25) is 0 Å². The highest BCUT2D eigenvalue weighted by atomic mass is 32.2. The smallest absolute Gasteiger partial charge is 0.246 e. The second-order valence-electron chi connectivity index (χ2n) is 3.72. The van der Waals surface area contributed by atoms with E-state index in [1.807, 2.05) is 0 Å². The average molecular weight is 234 g/mol. The van der Waals surface area contributed by atoms with Gasteiger partial charge < -0.3 is 5.32 Å². The number of hydrogen-bond donors (Lipinski definition) is 2. The molecule has 2 N–H and O–H groups in total. The highest BCUT2D eigenvalue weighted by Gasteiger charge is 2.17. The molecular formula is C9H18N2O3S. The average Bonchev–Trinajstić information content (AvgIpc) is 2.00. The van der Waals surface area contributed by atoms with E-state index in [0.717, 1.165) is 6.26 Å². The van der Waals surface area contributed by atoms with E-state index in [2.05, 4.69) is 16.6 Å². The van der Waals surface area contributed by atoms with Crippen LogP contribution >= 0.6 is 0 Å². The zero-order valence-electron chi connectivity index (χ0n) is 9.49. The van der Waals surface area contributed by atoms with Crippen molar-refractivity contribution in [1.82, 2.24) is 10.0 Å². The molecule has 15 heavy (non-hydrogen) atoms. The van der Waals surface area contributed by atoms with Gasteiger partial charge in [-0.05, 0) is 20.8 Å². The maximum absolute atomic E-state index is 11.2. The topological polar surface area (TPSA) is 75.3 Å². The van der Waals surface area contributed by atoms with Crippen molar-refractivity contribution in [3.05, 3.63) is 12.2 Å². The molecule has 0 radical (unpaired) electrons. The second-order valence-corrected chi connectivity index (χ2v) is 5.50. The van der Waals surface area contributed by atoms with Gasteiger partial charge in [0.05, 0.1) is 6.26 Å². The van der Waals surface area contributed by atoms with Gasteiger partial charge in [0.1, 0.15) is 0 Å². The SMILES string of the molecule is C=C(C)C(=O)NC(C)C(C)NS(C)(=O)=O. The lowest BCUT2D eigenvalue weighted by Crippen LogP contribution is -2.48. The molecule has 0 saturated heterocycles. The Kier molecular flexibility index (Phi) is 4.96. The highest BCUT2D eigenvalue weighted by Crippen LogP contribution is 1.96. The van der Waals surface area contributed by atoms with Gasteiger partial charge in [0.25, 0.3) is 0 Å². The third kappa shape index (κ3) is 6.24. The molecule has 0 fully saturated rings. The number of hydrogen-bond acceptors (Lipinski definition) is 3. The summed E-state index contributed by atoms with van der Waals surface area (Å²) in [4.78, 5) is 11.2. The van der Waals surface area contributed by atoms with E-state index in [9.17, 15) is 13.2 Å². The fraction of sp³-hybridized carbons (Fsp3) is 0.667. The summed E-state index contributed by atoms with van der Waals surface area (Å²) < 4.78 is 24.2. The quantitative estimate of drug-likeness (QED) is 0.658. The third-order valence-electron chi connectivity index (χ3n) is 1.90. The number of nitrogens with one attached hydrogen (secondary N) is 2. The molecule has 0 rings (SSSR count). The Labute approximate surface area is 91.0 Å². The van der Waals surface area contributed by atoms with Crippen molar-refractivity contribution in [2.75, 3.05) is 6.26 Å². The summed E-state index contributed by atoms with van der Waals surface area (Å²) in [6, 6.07) is -0.646. The largest absolute Gasteiger partial charge is 0.348 e. The van der Waals surface area contributed by atoms with Crippen molar-refractivity contribution >= 4 is 15.9 Å². The van der Waals surface area contributed by atoms with Crippen LogP contribution in [-0.2, 0) is 14.8 Å². The Morgan fingerprint density at radius 2 is 1.73 bits per heavy atom. The first-order valence-corrected chi connectivity index (χ1v) is 6.46. The van der Waals surface area contributed by atoms with E-state index in [1.54, 1.807) is 20.8 Å². The molecule has 6 heteroatoms. The summed E-state index contributed by atoms with van der Waals surface area (Å²) in [6.45, 7) is 8.50. The Balaban J connectivity index is 4.28. The molecule has 2 atom stereocenters. The second kappa shape index (κ2) is 5.27. The van der Waals surface area contributed by atoms with Crippen molar-refractivity contribution < 1.29 is 13.2 Å². The van der Waals surface area contributed by atoms with Gasteiger partial charge in [0.2, 0.25) is 15.9 Å². The molecule has 0 aliphatic carbocycles. The monoisotopic (exact) mass is 234 g/mol. The normalized spacial score (nSPS) is 15.5. The minimum atomic E-state index is -3.25. The predicted octanol–water partition coefficient (Wildman–Crippen LogP) is 0.00490. The predicted molar refractivity (Wildman–Crippen MR) is 59.9 cm³/mol. The van der Waals surface area contributed by atoms with E-state index in [4.69, 9.17) is 0 Å². The molecule has 5 nitrogen and oxygen atoms in total. The molecule has 0 aromatic heterocycles. The van der Waals surface area contributed by atoms with E-state index < -0.39 is 10.0 Å². The van der Waals surface area contributed by atoms with E-state index >= 15 is 0 Å². The van der Waals surface area contributed by atoms with Crippen LogP contribution in [0.4, 0.5) is 0 Å². The van der Waals surface area contributed by atoms with Gasteiger partial charge in [-0.1, -0.05) is 6.58 Å². The fourth-order valence-corrected chi connectivity index (χ4v) is 1.77. The van der Waals surface area contributed by atoms with Crippen molar-refractivity contribution in [2.45, 2.75) is 32.9 Å². The number of carbonyl (C=O) groups is 1. The zero-order chi connectivity index (χ0) is 12.2. The summed E-state index contributed by atoms with van der Waals surface area (Å²) in [6.07, 6.45) is 1.08. The van der Waals surface area contributed by atoms with Gasteiger partial charge in [-0.15, -0.1) is 0 Å². The van der Waals surface area contributed by atoms with E-state index in [1.165, 1.54) is 0 Å². The summed E-state index contributed by atoms with van der Waals surface area (Å²) in [5.74, 6) is -0.273. The van der Waals surface area contributed by atoms with Gasteiger partial charge in [-0.3, -0.25) is 4.79 Å². The minimum absolute atomic E-state index is 0.273. The van der Waals surface area contributed by atoms with Gasteiger partial charge in [-0.2, -0.15) is 0 Å². The van der Waals surface area contributed by atoms with Crippen LogP contribution in [0, 0.1) is 0 Å². The number of sulfonamides is 1. The number of carbonyl (C=O) groups excluding carboxylic acids is 1. The van der Waals surface area contributed by atoms with Crippen LogP contribution < -0.4 is 10.0 Å². The Hall–Kier alpha value is -0.880. The zero-order valence-corrected chi connectivity index (χ0v) is 10.3. The highest BCUT2D eigenvalue weighted by molar-refractivity contribution is 7.88. The third-order valence-corrected chi connectivity index (χ3v) is 2.70. The van der Waals surface area contributed by atoms with Crippen molar-refractivity contribution in [1.29, 1.82) is 0 Å². The van der Waals surface area contributed by atoms with Crippen LogP contribution in [0.15, 0.2) is 12.2 Å². The molecule has 2 unspecified atom stereocenters. The molecule has 0 aromatic rings. The molecule has 0 spiro atoms. The van der Waals surface area contributed by atoms with Crippen molar-refractivity contribution in [3.63, 3.8) is 0 Å². The maximum Gasteiger partial charge on any atom is 0.246 e. The standard InChI is InChI=1S/C9H18N2O3S/c1-6(2)9(12)10-7(3)8(4)11-15(5,13)14/h7-8,11H,1H2,2-5H3,(H,10,12). The lowest BCUT2D eigenvalue weighted by atomic mass is 10.2. The molecule has 0 aromatic carbocycles. The van der Waals surface area contributed by atoms with Gasteiger partial charge >= 0.3 is 0 Å². The lowest BCUT2D eigenvalue weighted by molar-refractivity contribution is -0.118. The van der Waals surface area contributed by atoms with Crippen LogP contribution in [0.3, 0.4) is 0 Å².